The Morgan fingerprint density at radius 3 is 2.04 bits per heavy atom. The summed E-state index contributed by atoms with van der Waals surface area (Å²) in [5.41, 5.74) is 5.98. The van der Waals surface area contributed by atoms with Gasteiger partial charge in [-0.1, -0.05) is 16.7 Å². The Morgan fingerprint density at radius 1 is 1.19 bits per heavy atom. The number of carboxylic acid groups (broad SMARTS) is 1. The summed E-state index contributed by atoms with van der Waals surface area (Å²) in [6.45, 7) is 0. The lowest BCUT2D eigenvalue weighted by Crippen LogP contribution is -2.32. The number of carbonyl (C=O) groups is 3. The van der Waals surface area contributed by atoms with Gasteiger partial charge in [-0.3, -0.25) is 9.59 Å². The number of Topliss-reactive ketones (excluding diaryl/α,β-unsaturated/α-hetero) is 1. The molecule has 14 heteroatoms. The number of rotatable bonds is 7. The second-order valence-electron chi connectivity index (χ2n) is 4.61. The quantitative estimate of drug-likeness (QED) is 0.146. The summed E-state index contributed by atoms with van der Waals surface area (Å²) < 4.78 is 23.9. The van der Waals surface area contributed by atoms with Gasteiger partial charge in [-0.2, -0.15) is 0 Å². The SMILES string of the molecule is NC(Cc1ccc(OC(=O)C(=O)C[P+](=O)[O-])cc1)C(=O)O.O=P(O)(O)O. The first-order valence-electron chi connectivity index (χ1n) is 6.52. The van der Waals surface area contributed by atoms with Crippen molar-refractivity contribution in [2.75, 3.05) is 6.16 Å². The summed E-state index contributed by atoms with van der Waals surface area (Å²) in [6, 6.07) is 4.64. The number of phosphoric acid groups is 1. The third-order valence-corrected chi connectivity index (χ3v) is 2.95. The van der Waals surface area contributed by atoms with Crippen LogP contribution in [0.25, 0.3) is 0 Å². The maximum atomic E-state index is 11.3. The maximum Gasteiger partial charge on any atom is 0.466 e. The Labute approximate surface area is 147 Å². The van der Waals surface area contributed by atoms with E-state index in [-0.39, 0.29) is 12.2 Å². The van der Waals surface area contributed by atoms with Gasteiger partial charge in [0, 0.05) is 0 Å². The molecule has 0 saturated carbocycles. The Balaban J connectivity index is 0.00000110. The number of carboxylic acids is 1. The van der Waals surface area contributed by atoms with Crippen molar-refractivity contribution in [1.82, 2.24) is 0 Å². The van der Waals surface area contributed by atoms with Crippen molar-refractivity contribution in [2.45, 2.75) is 12.5 Å². The van der Waals surface area contributed by atoms with E-state index < -0.39 is 45.8 Å². The highest BCUT2D eigenvalue weighted by atomic mass is 31.2. The molecule has 0 bridgehead atoms. The third-order valence-electron chi connectivity index (χ3n) is 2.41. The Kier molecular flexibility index (Phi) is 9.99. The van der Waals surface area contributed by atoms with Crippen molar-refractivity contribution >= 4 is 33.6 Å². The van der Waals surface area contributed by atoms with Gasteiger partial charge in [0.05, 0.1) is 0 Å². The minimum atomic E-state index is -4.64. The van der Waals surface area contributed by atoms with E-state index in [9.17, 15) is 23.8 Å². The highest BCUT2D eigenvalue weighted by molar-refractivity contribution is 7.45. The van der Waals surface area contributed by atoms with Gasteiger partial charge in [0.25, 0.3) is 5.78 Å². The lowest BCUT2D eigenvalue weighted by Gasteiger charge is -2.07. The fourth-order valence-corrected chi connectivity index (χ4v) is 1.74. The van der Waals surface area contributed by atoms with Crippen molar-refractivity contribution in [1.29, 1.82) is 0 Å². The molecule has 0 radical (unpaired) electrons. The van der Waals surface area contributed by atoms with E-state index in [1.165, 1.54) is 24.3 Å². The number of hydrogen-bond donors (Lipinski definition) is 5. The molecule has 0 amide bonds. The molecule has 1 rings (SSSR count). The van der Waals surface area contributed by atoms with Crippen LogP contribution in [0.4, 0.5) is 0 Å². The monoisotopic (exact) mass is 411 g/mol. The predicted molar refractivity (Wildman–Crippen MR) is 83.1 cm³/mol. The van der Waals surface area contributed by atoms with E-state index in [1.54, 1.807) is 0 Å². The molecule has 0 fully saturated rings. The van der Waals surface area contributed by atoms with Crippen LogP contribution in [0.3, 0.4) is 0 Å². The minimum absolute atomic E-state index is 0.0436. The van der Waals surface area contributed by atoms with Gasteiger partial charge in [0.2, 0.25) is 6.16 Å². The molecule has 12 nitrogen and oxygen atoms in total. The van der Waals surface area contributed by atoms with Crippen LogP contribution in [0.15, 0.2) is 24.3 Å². The fraction of sp³-hybridized carbons (Fsp3) is 0.250. The number of aliphatic carboxylic acids is 1. The topological polar surface area (TPSA) is 225 Å². The predicted octanol–water partition coefficient (Wildman–Crippen LogP) is -1.71. The molecular formula is C12H15NO11P2. The standard InChI is InChI=1S/C12H12NO7P.H3O4P/c13-9(11(15)16)5-7-1-3-8(4-2-7)20-12(17)10(14)6-21(18)19;1-5(2,3)4/h1-4,9H,5-6,13H2,(H,15,16);(H3,1,2,3,4). The zero-order valence-corrected chi connectivity index (χ0v) is 14.7. The third kappa shape index (κ3) is 12.3. The van der Waals surface area contributed by atoms with Gasteiger partial charge in [0.1, 0.15) is 11.8 Å². The summed E-state index contributed by atoms with van der Waals surface area (Å²) in [5, 5.41) is 8.67. The van der Waals surface area contributed by atoms with E-state index in [1.807, 2.05) is 0 Å². The second-order valence-corrected chi connectivity index (χ2v) is 6.62. The van der Waals surface area contributed by atoms with Crippen LogP contribution in [-0.4, -0.2) is 49.7 Å². The second kappa shape index (κ2) is 10.8. The normalized spacial score (nSPS) is 12.3. The zero-order chi connectivity index (χ0) is 20.5. The summed E-state index contributed by atoms with van der Waals surface area (Å²) >= 11 is 0. The summed E-state index contributed by atoms with van der Waals surface area (Å²) in [7, 11) is -7.63. The van der Waals surface area contributed by atoms with E-state index in [0.29, 0.717) is 5.56 Å². The lowest BCUT2D eigenvalue weighted by molar-refractivity contribution is -0.165. The minimum Gasteiger partial charge on any atom is -0.595 e. The summed E-state index contributed by atoms with van der Waals surface area (Å²) in [5.74, 6) is -3.53. The van der Waals surface area contributed by atoms with Crippen LogP contribution >= 0.6 is 15.9 Å². The number of hydrogen-bond acceptors (Lipinski definition) is 8. The van der Waals surface area contributed by atoms with Gasteiger partial charge in [-0.15, -0.1) is 0 Å². The van der Waals surface area contributed by atoms with Gasteiger partial charge < -0.3 is 35.2 Å². The van der Waals surface area contributed by atoms with E-state index in [0.717, 1.165) is 0 Å². The zero-order valence-electron chi connectivity index (χ0n) is 12.9. The summed E-state index contributed by atoms with van der Waals surface area (Å²) in [6.07, 6.45) is -0.807. The highest BCUT2D eigenvalue weighted by Gasteiger charge is 2.22. The molecular weight excluding hydrogens is 396 g/mol. The molecule has 2 atom stereocenters. The van der Waals surface area contributed by atoms with Crippen molar-refractivity contribution in [3.63, 3.8) is 0 Å². The first kappa shape index (κ1) is 24.0. The van der Waals surface area contributed by atoms with Crippen molar-refractivity contribution in [3.05, 3.63) is 29.8 Å². The van der Waals surface area contributed by atoms with E-state index in [4.69, 9.17) is 30.1 Å². The van der Waals surface area contributed by atoms with E-state index >= 15 is 0 Å². The van der Waals surface area contributed by atoms with Gasteiger partial charge in [-0.25, -0.2) is 9.36 Å². The van der Waals surface area contributed by atoms with Crippen LogP contribution in [0.2, 0.25) is 0 Å². The fourth-order valence-electron chi connectivity index (χ4n) is 1.38. The van der Waals surface area contributed by atoms with Crippen LogP contribution in [0.5, 0.6) is 5.75 Å². The maximum absolute atomic E-state index is 11.3. The average Bonchev–Trinajstić information content (AvgIpc) is 2.46. The molecule has 0 aliphatic rings. The van der Waals surface area contributed by atoms with Crippen molar-refractivity contribution < 1.29 is 52.9 Å². The molecule has 0 aliphatic carbocycles. The molecule has 1 aromatic carbocycles. The average molecular weight is 411 g/mol. The number of carbonyl (C=O) groups excluding carboxylic acids is 2. The number of ether oxygens (including phenoxy) is 1. The van der Waals surface area contributed by atoms with E-state index in [2.05, 4.69) is 4.74 Å². The Morgan fingerprint density at radius 2 is 1.65 bits per heavy atom. The van der Waals surface area contributed by atoms with Crippen LogP contribution < -0.4 is 15.4 Å². The van der Waals surface area contributed by atoms with Crippen molar-refractivity contribution in [3.8, 4) is 5.75 Å². The molecule has 6 N–H and O–H groups in total. The van der Waals surface area contributed by atoms with Crippen LogP contribution in [0.1, 0.15) is 5.56 Å². The largest absolute Gasteiger partial charge is 0.595 e. The molecule has 26 heavy (non-hydrogen) atoms. The van der Waals surface area contributed by atoms with Crippen LogP contribution in [-0.2, 0) is 29.9 Å². The molecule has 1 aromatic rings. The molecule has 0 saturated heterocycles. The number of nitrogens with two attached hydrogens (primary N) is 1. The van der Waals surface area contributed by atoms with Crippen LogP contribution in [0, 0.1) is 0 Å². The first-order chi connectivity index (χ1) is 11.8. The Bertz CT molecular complexity index is 704. The molecule has 0 aliphatic heterocycles. The lowest BCUT2D eigenvalue weighted by atomic mass is 10.1. The summed E-state index contributed by atoms with van der Waals surface area (Å²) in [4.78, 5) is 64.8. The highest BCUT2D eigenvalue weighted by Crippen LogP contribution is 2.25. The van der Waals surface area contributed by atoms with Gasteiger partial charge >= 0.3 is 27.8 Å². The molecule has 0 heterocycles. The van der Waals surface area contributed by atoms with Gasteiger partial charge in [-0.05, 0) is 24.1 Å². The number of benzene rings is 1. The number of esters is 1. The molecule has 2 unspecified atom stereocenters. The molecule has 0 aromatic heterocycles. The Hall–Kier alpha value is -2.04. The number of ketones is 1. The van der Waals surface area contributed by atoms with Crippen molar-refractivity contribution in [2.24, 2.45) is 5.73 Å². The first-order valence-corrected chi connectivity index (χ1v) is 9.44. The molecule has 0 spiro atoms. The van der Waals surface area contributed by atoms with Gasteiger partial charge in [0.15, 0.2) is 0 Å². The smallest absolute Gasteiger partial charge is 0.466 e. The molecule has 144 valence electrons.